The van der Waals surface area contributed by atoms with E-state index in [1.807, 2.05) is 0 Å². The maximum Gasteiger partial charge on any atom is 0.146 e. The van der Waals surface area contributed by atoms with Crippen molar-refractivity contribution in [1.82, 2.24) is 10.2 Å². The SMILES string of the molecule is CCN(CC)CCCC(C)NCc1cccc(Cl)c1F. The molecule has 0 aliphatic heterocycles. The van der Waals surface area contributed by atoms with Gasteiger partial charge in [0.1, 0.15) is 5.82 Å². The molecule has 1 atom stereocenters. The zero-order chi connectivity index (χ0) is 15.0. The Morgan fingerprint density at radius 3 is 2.65 bits per heavy atom. The van der Waals surface area contributed by atoms with Crippen molar-refractivity contribution in [3.05, 3.63) is 34.6 Å². The molecule has 0 bridgehead atoms. The third-order valence-corrected chi connectivity index (χ3v) is 3.97. The summed E-state index contributed by atoms with van der Waals surface area (Å²) in [4.78, 5) is 2.42. The second-order valence-electron chi connectivity index (χ2n) is 5.16. The van der Waals surface area contributed by atoms with Gasteiger partial charge in [-0.05, 0) is 45.5 Å². The van der Waals surface area contributed by atoms with E-state index in [0.29, 0.717) is 18.2 Å². The Balaban J connectivity index is 2.29. The molecule has 0 fully saturated rings. The van der Waals surface area contributed by atoms with Gasteiger partial charge in [-0.15, -0.1) is 0 Å². The molecule has 4 heteroatoms. The quantitative estimate of drug-likeness (QED) is 0.739. The molecule has 0 saturated heterocycles. The summed E-state index contributed by atoms with van der Waals surface area (Å²) in [6.07, 6.45) is 2.26. The molecule has 1 aromatic carbocycles. The maximum atomic E-state index is 13.7. The second-order valence-corrected chi connectivity index (χ2v) is 5.57. The highest BCUT2D eigenvalue weighted by atomic mass is 35.5. The monoisotopic (exact) mass is 300 g/mol. The van der Waals surface area contributed by atoms with Gasteiger partial charge in [-0.1, -0.05) is 37.6 Å². The fourth-order valence-electron chi connectivity index (χ4n) is 2.23. The van der Waals surface area contributed by atoms with Crippen LogP contribution in [0.15, 0.2) is 18.2 Å². The molecule has 0 spiro atoms. The molecule has 0 saturated carbocycles. The van der Waals surface area contributed by atoms with E-state index in [9.17, 15) is 4.39 Å². The van der Waals surface area contributed by atoms with Crippen molar-refractivity contribution in [2.45, 2.75) is 46.2 Å². The standard InChI is InChI=1S/C16H26ClFN2/c1-4-20(5-2)11-7-8-13(3)19-12-14-9-6-10-15(17)16(14)18/h6,9-10,13,19H,4-5,7-8,11-12H2,1-3H3. The summed E-state index contributed by atoms with van der Waals surface area (Å²) >= 11 is 5.77. The molecule has 0 radical (unpaired) electrons. The van der Waals surface area contributed by atoms with E-state index >= 15 is 0 Å². The van der Waals surface area contributed by atoms with E-state index in [1.54, 1.807) is 18.2 Å². The van der Waals surface area contributed by atoms with Crippen molar-refractivity contribution >= 4 is 11.6 Å². The van der Waals surface area contributed by atoms with Crippen molar-refractivity contribution in [3.63, 3.8) is 0 Å². The minimum absolute atomic E-state index is 0.193. The molecule has 0 aliphatic carbocycles. The molecule has 0 amide bonds. The van der Waals surface area contributed by atoms with Crippen molar-refractivity contribution in [2.24, 2.45) is 0 Å². The summed E-state index contributed by atoms with van der Waals surface area (Å²) in [5.41, 5.74) is 0.632. The average molecular weight is 301 g/mol. The van der Waals surface area contributed by atoms with Gasteiger partial charge in [0.05, 0.1) is 5.02 Å². The Morgan fingerprint density at radius 1 is 1.30 bits per heavy atom. The number of halogens is 2. The number of nitrogens with zero attached hydrogens (tertiary/aromatic N) is 1. The van der Waals surface area contributed by atoms with Crippen molar-refractivity contribution < 1.29 is 4.39 Å². The van der Waals surface area contributed by atoms with Crippen molar-refractivity contribution in [3.8, 4) is 0 Å². The normalized spacial score (nSPS) is 12.9. The molecule has 2 nitrogen and oxygen atoms in total. The largest absolute Gasteiger partial charge is 0.310 e. The molecule has 0 aromatic heterocycles. The number of hydrogen-bond donors (Lipinski definition) is 1. The molecule has 1 rings (SSSR count). The van der Waals surface area contributed by atoms with E-state index < -0.39 is 0 Å². The first-order chi connectivity index (χ1) is 9.58. The van der Waals surface area contributed by atoms with Crippen LogP contribution in [0.5, 0.6) is 0 Å². The zero-order valence-electron chi connectivity index (χ0n) is 12.8. The predicted octanol–water partition coefficient (Wildman–Crippen LogP) is 4.08. The predicted molar refractivity (Wildman–Crippen MR) is 84.7 cm³/mol. The lowest BCUT2D eigenvalue weighted by molar-refractivity contribution is 0.290. The Hall–Kier alpha value is -0.640. The fraction of sp³-hybridized carbons (Fsp3) is 0.625. The number of hydrogen-bond acceptors (Lipinski definition) is 2. The van der Waals surface area contributed by atoms with Crippen LogP contribution in [-0.4, -0.2) is 30.6 Å². The van der Waals surface area contributed by atoms with Gasteiger partial charge in [-0.25, -0.2) is 4.39 Å². The molecule has 0 heterocycles. The van der Waals surface area contributed by atoms with Crippen LogP contribution in [-0.2, 0) is 6.54 Å². The van der Waals surface area contributed by atoms with Crippen LogP contribution < -0.4 is 5.32 Å². The lowest BCUT2D eigenvalue weighted by atomic mass is 10.1. The van der Waals surface area contributed by atoms with Crippen molar-refractivity contribution in [2.75, 3.05) is 19.6 Å². The minimum atomic E-state index is -0.308. The van der Waals surface area contributed by atoms with E-state index in [0.717, 1.165) is 32.5 Å². The van der Waals surface area contributed by atoms with Crippen LogP contribution in [0.1, 0.15) is 39.2 Å². The van der Waals surface area contributed by atoms with Gasteiger partial charge in [0.25, 0.3) is 0 Å². The van der Waals surface area contributed by atoms with Crippen LogP contribution in [0.4, 0.5) is 4.39 Å². The summed E-state index contributed by atoms with van der Waals surface area (Å²) in [5.74, 6) is -0.308. The average Bonchev–Trinajstić information content (AvgIpc) is 2.45. The first-order valence-corrected chi connectivity index (χ1v) is 7.84. The first kappa shape index (κ1) is 17.4. The summed E-state index contributed by atoms with van der Waals surface area (Å²) in [6.45, 7) is 10.4. The summed E-state index contributed by atoms with van der Waals surface area (Å²) in [5, 5.41) is 3.55. The van der Waals surface area contributed by atoms with Crippen LogP contribution >= 0.6 is 11.6 Å². The van der Waals surface area contributed by atoms with E-state index in [4.69, 9.17) is 11.6 Å². The van der Waals surface area contributed by atoms with Gasteiger partial charge in [0, 0.05) is 18.2 Å². The zero-order valence-corrected chi connectivity index (χ0v) is 13.5. The minimum Gasteiger partial charge on any atom is -0.310 e. The van der Waals surface area contributed by atoms with E-state index in [-0.39, 0.29) is 10.8 Å². The van der Waals surface area contributed by atoms with Crippen LogP contribution in [0.2, 0.25) is 5.02 Å². The van der Waals surface area contributed by atoms with Crippen LogP contribution in [0, 0.1) is 5.82 Å². The lowest BCUT2D eigenvalue weighted by Gasteiger charge is -2.20. The molecule has 1 N–H and O–H groups in total. The van der Waals surface area contributed by atoms with Gasteiger partial charge in [0.15, 0.2) is 0 Å². The van der Waals surface area contributed by atoms with E-state index in [1.165, 1.54) is 0 Å². The van der Waals surface area contributed by atoms with Gasteiger partial charge >= 0.3 is 0 Å². The topological polar surface area (TPSA) is 15.3 Å². The smallest absolute Gasteiger partial charge is 0.146 e. The molecule has 1 unspecified atom stereocenters. The molecule has 114 valence electrons. The second kappa shape index (κ2) is 9.32. The molecular weight excluding hydrogens is 275 g/mol. The van der Waals surface area contributed by atoms with Crippen LogP contribution in [0.25, 0.3) is 0 Å². The third kappa shape index (κ3) is 5.78. The third-order valence-electron chi connectivity index (χ3n) is 3.68. The Bertz CT molecular complexity index is 394. The van der Waals surface area contributed by atoms with Gasteiger partial charge in [-0.2, -0.15) is 0 Å². The lowest BCUT2D eigenvalue weighted by Crippen LogP contribution is -2.29. The molecular formula is C16H26ClFN2. The summed E-state index contributed by atoms with van der Waals surface area (Å²) < 4.78 is 13.7. The molecule has 0 aliphatic rings. The maximum absolute atomic E-state index is 13.7. The van der Waals surface area contributed by atoms with Gasteiger partial charge in [-0.3, -0.25) is 0 Å². The first-order valence-electron chi connectivity index (χ1n) is 7.47. The molecule has 20 heavy (non-hydrogen) atoms. The Morgan fingerprint density at radius 2 is 2.00 bits per heavy atom. The van der Waals surface area contributed by atoms with Crippen LogP contribution in [0.3, 0.4) is 0 Å². The highest BCUT2D eigenvalue weighted by Gasteiger charge is 2.08. The summed E-state index contributed by atoms with van der Waals surface area (Å²) in [7, 11) is 0. The highest BCUT2D eigenvalue weighted by molar-refractivity contribution is 6.30. The van der Waals surface area contributed by atoms with Gasteiger partial charge < -0.3 is 10.2 Å². The van der Waals surface area contributed by atoms with E-state index in [2.05, 4.69) is 31.0 Å². The summed E-state index contributed by atoms with van der Waals surface area (Å²) in [6, 6.07) is 5.52. The number of nitrogens with one attached hydrogen (secondary N) is 1. The number of benzene rings is 1. The van der Waals surface area contributed by atoms with Crippen molar-refractivity contribution in [1.29, 1.82) is 0 Å². The number of rotatable bonds is 9. The fourth-order valence-corrected chi connectivity index (χ4v) is 2.43. The molecule has 1 aromatic rings. The Labute approximate surface area is 127 Å². The van der Waals surface area contributed by atoms with Gasteiger partial charge in [0.2, 0.25) is 0 Å². The highest BCUT2D eigenvalue weighted by Crippen LogP contribution is 2.17. The Kier molecular flexibility index (Phi) is 8.12.